The summed E-state index contributed by atoms with van der Waals surface area (Å²) in [6.07, 6.45) is 4.56. The van der Waals surface area contributed by atoms with Gasteiger partial charge in [0.25, 0.3) is 5.91 Å². The molecule has 0 spiro atoms. The van der Waals surface area contributed by atoms with Crippen LogP contribution >= 0.6 is 0 Å². The van der Waals surface area contributed by atoms with E-state index in [-0.39, 0.29) is 11.9 Å². The van der Waals surface area contributed by atoms with Crippen LogP contribution in [0.2, 0.25) is 0 Å². The monoisotopic (exact) mass is 282 g/mol. The van der Waals surface area contributed by atoms with E-state index < -0.39 is 0 Å². The van der Waals surface area contributed by atoms with E-state index in [1.54, 1.807) is 0 Å². The van der Waals surface area contributed by atoms with Crippen molar-refractivity contribution in [2.75, 3.05) is 6.54 Å². The van der Waals surface area contributed by atoms with Crippen molar-refractivity contribution in [2.45, 2.75) is 31.7 Å². The van der Waals surface area contributed by atoms with Crippen molar-refractivity contribution >= 4 is 16.7 Å². The summed E-state index contributed by atoms with van der Waals surface area (Å²) in [5, 5.41) is 5.32. The van der Waals surface area contributed by atoms with Gasteiger partial charge in [-0.05, 0) is 42.1 Å². The summed E-state index contributed by atoms with van der Waals surface area (Å²) in [6, 6.07) is 14.1. The second-order valence-corrected chi connectivity index (χ2v) is 5.89. The summed E-state index contributed by atoms with van der Waals surface area (Å²) in [4.78, 5) is 12.6. The lowest BCUT2D eigenvalue weighted by Crippen LogP contribution is -2.44. The SMILES string of the molecule is NCC1CCCCC1NC(=O)c1cccc2ccccc12. The quantitative estimate of drug-likeness (QED) is 0.909. The molecule has 2 atom stereocenters. The van der Waals surface area contributed by atoms with Gasteiger partial charge in [0.15, 0.2) is 0 Å². The van der Waals surface area contributed by atoms with E-state index in [9.17, 15) is 4.79 Å². The number of nitrogens with two attached hydrogens (primary N) is 1. The minimum Gasteiger partial charge on any atom is -0.349 e. The zero-order chi connectivity index (χ0) is 14.7. The van der Waals surface area contributed by atoms with Crippen LogP contribution in [-0.4, -0.2) is 18.5 Å². The highest BCUT2D eigenvalue weighted by atomic mass is 16.1. The van der Waals surface area contributed by atoms with Crippen molar-refractivity contribution in [2.24, 2.45) is 11.7 Å². The molecule has 3 heteroatoms. The fourth-order valence-electron chi connectivity index (χ4n) is 3.35. The summed E-state index contributed by atoms with van der Waals surface area (Å²) in [5.74, 6) is 0.440. The average molecular weight is 282 g/mol. The van der Waals surface area contributed by atoms with Crippen LogP contribution in [0, 0.1) is 5.92 Å². The summed E-state index contributed by atoms with van der Waals surface area (Å²) >= 11 is 0. The smallest absolute Gasteiger partial charge is 0.252 e. The second-order valence-electron chi connectivity index (χ2n) is 5.89. The lowest BCUT2D eigenvalue weighted by Gasteiger charge is -2.31. The van der Waals surface area contributed by atoms with Crippen LogP contribution in [0.4, 0.5) is 0 Å². The standard InChI is InChI=1S/C18H22N2O/c19-12-14-7-2-4-11-17(14)20-18(21)16-10-5-8-13-6-1-3-9-15(13)16/h1,3,5-6,8-10,14,17H,2,4,7,11-12,19H2,(H,20,21). The lowest BCUT2D eigenvalue weighted by molar-refractivity contribution is 0.0910. The fourth-order valence-corrected chi connectivity index (χ4v) is 3.35. The number of carbonyl (C=O) groups is 1. The normalized spacial score (nSPS) is 22.1. The highest BCUT2D eigenvalue weighted by molar-refractivity contribution is 6.07. The van der Waals surface area contributed by atoms with Crippen LogP contribution in [0.3, 0.4) is 0 Å². The first-order valence-corrected chi connectivity index (χ1v) is 7.78. The van der Waals surface area contributed by atoms with Gasteiger partial charge in [0, 0.05) is 11.6 Å². The maximum atomic E-state index is 12.6. The van der Waals surface area contributed by atoms with Gasteiger partial charge in [-0.3, -0.25) is 4.79 Å². The Bertz CT molecular complexity index is 633. The molecule has 1 aliphatic rings. The van der Waals surface area contributed by atoms with Gasteiger partial charge in [0.05, 0.1) is 0 Å². The molecule has 3 N–H and O–H groups in total. The third-order valence-corrected chi connectivity index (χ3v) is 4.56. The van der Waals surface area contributed by atoms with Crippen molar-refractivity contribution < 1.29 is 4.79 Å². The molecule has 1 fully saturated rings. The summed E-state index contributed by atoms with van der Waals surface area (Å²) in [6.45, 7) is 0.653. The van der Waals surface area contributed by atoms with Gasteiger partial charge < -0.3 is 11.1 Å². The van der Waals surface area contributed by atoms with Crippen molar-refractivity contribution in [1.82, 2.24) is 5.32 Å². The van der Waals surface area contributed by atoms with Crippen LogP contribution in [0.5, 0.6) is 0 Å². The number of hydrogen-bond donors (Lipinski definition) is 2. The first-order valence-electron chi connectivity index (χ1n) is 7.78. The zero-order valence-electron chi connectivity index (χ0n) is 12.2. The zero-order valence-corrected chi connectivity index (χ0v) is 12.2. The molecule has 3 nitrogen and oxygen atoms in total. The number of amides is 1. The third kappa shape index (κ3) is 2.93. The fraction of sp³-hybridized carbons (Fsp3) is 0.389. The first-order chi connectivity index (χ1) is 10.3. The topological polar surface area (TPSA) is 55.1 Å². The van der Waals surface area contributed by atoms with E-state index in [4.69, 9.17) is 5.73 Å². The van der Waals surface area contributed by atoms with Gasteiger partial charge in [-0.2, -0.15) is 0 Å². The number of rotatable bonds is 3. The number of fused-ring (bicyclic) bond motifs is 1. The molecule has 0 aliphatic heterocycles. The van der Waals surface area contributed by atoms with Gasteiger partial charge in [0.2, 0.25) is 0 Å². The molecule has 3 rings (SSSR count). The largest absolute Gasteiger partial charge is 0.349 e. The Kier molecular flexibility index (Phi) is 4.20. The van der Waals surface area contributed by atoms with Crippen molar-refractivity contribution in [3.8, 4) is 0 Å². The molecule has 0 bridgehead atoms. The predicted octanol–water partition coefficient (Wildman–Crippen LogP) is 3.09. The third-order valence-electron chi connectivity index (χ3n) is 4.56. The van der Waals surface area contributed by atoms with Crippen LogP contribution in [-0.2, 0) is 0 Å². The summed E-state index contributed by atoms with van der Waals surface area (Å²) in [5.41, 5.74) is 6.61. The van der Waals surface area contributed by atoms with E-state index in [1.807, 2.05) is 42.5 Å². The molecule has 1 amide bonds. The summed E-state index contributed by atoms with van der Waals surface area (Å²) < 4.78 is 0. The average Bonchev–Trinajstić information content (AvgIpc) is 2.54. The Morgan fingerprint density at radius 1 is 1.10 bits per heavy atom. The molecule has 0 saturated heterocycles. The molecular weight excluding hydrogens is 260 g/mol. The second kappa shape index (κ2) is 6.27. The first kappa shape index (κ1) is 14.1. The summed E-state index contributed by atoms with van der Waals surface area (Å²) in [7, 11) is 0. The number of carbonyl (C=O) groups excluding carboxylic acids is 1. The van der Waals surface area contributed by atoms with E-state index >= 15 is 0 Å². The van der Waals surface area contributed by atoms with Gasteiger partial charge >= 0.3 is 0 Å². The lowest BCUT2D eigenvalue weighted by atomic mass is 9.84. The Hall–Kier alpha value is -1.87. The Morgan fingerprint density at radius 2 is 1.86 bits per heavy atom. The van der Waals surface area contributed by atoms with Crippen molar-refractivity contribution in [3.63, 3.8) is 0 Å². The highest BCUT2D eigenvalue weighted by Gasteiger charge is 2.25. The molecule has 2 unspecified atom stereocenters. The molecule has 21 heavy (non-hydrogen) atoms. The van der Waals surface area contributed by atoms with E-state index in [1.165, 1.54) is 12.8 Å². The van der Waals surface area contributed by atoms with E-state index in [0.29, 0.717) is 12.5 Å². The van der Waals surface area contributed by atoms with Gasteiger partial charge in [0.1, 0.15) is 0 Å². The number of nitrogens with one attached hydrogen (secondary N) is 1. The Labute approximate surface area is 125 Å². The van der Waals surface area contributed by atoms with Crippen LogP contribution in [0.15, 0.2) is 42.5 Å². The molecule has 1 aliphatic carbocycles. The Balaban J connectivity index is 1.84. The Morgan fingerprint density at radius 3 is 2.71 bits per heavy atom. The maximum absolute atomic E-state index is 12.6. The molecule has 2 aromatic carbocycles. The number of hydrogen-bond acceptors (Lipinski definition) is 2. The molecule has 110 valence electrons. The molecule has 2 aromatic rings. The van der Waals surface area contributed by atoms with Gasteiger partial charge in [-0.1, -0.05) is 49.2 Å². The molecule has 0 aromatic heterocycles. The molecule has 0 radical (unpaired) electrons. The number of benzene rings is 2. The van der Waals surface area contributed by atoms with Crippen LogP contribution in [0.25, 0.3) is 10.8 Å². The van der Waals surface area contributed by atoms with Crippen LogP contribution < -0.4 is 11.1 Å². The van der Waals surface area contributed by atoms with Crippen molar-refractivity contribution in [1.29, 1.82) is 0 Å². The predicted molar refractivity (Wildman–Crippen MR) is 86.2 cm³/mol. The van der Waals surface area contributed by atoms with E-state index in [0.717, 1.165) is 29.2 Å². The minimum atomic E-state index is 0.0251. The van der Waals surface area contributed by atoms with E-state index in [2.05, 4.69) is 5.32 Å². The van der Waals surface area contributed by atoms with Gasteiger partial charge in [-0.25, -0.2) is 0 Å². The highest BCUT2D eigenvalue weighted by Crippen LogP contribution is 2.25. The molecule has 1 saturated carbocycles. The van der Waals surface area contributed by atoms with Crippen molar-refractivity contribution in [3.05, 3.63) is 48.0 Å². The molecule has 0 heterocycles. The minimum absolute atomic E-state index is 0.0251. The molecular formula is C18H22N2O. The maximum Gasteiger partial charge on any atom is 0.252 e. The van der Waals surface area contributed by atoms with Crippen LogP contribution in [0.1, 0.15) is 36.0 Å². The van der Waals surface area contributed by atoms with Gasteiger partial charge in [-0.15, -0.1) is 0 Å².